The van der Waals surface area contributed by atoms with Gasteiger partial charge in [-0.2, -0.15) is 0 Å². The van der Waals surface area contributed by atoms with Crippen molar-refractivity contribution in [2.45, 2.75) is 6.42 Å². The van der Waals surface area contributed by atoms with E-state index in [4.69, 9.17) is 0 Å². The summed E-state index contributed by atoms with van der Waals surface area (Å²) in [5, 5.41) is 6.81. The SMILES string of the molecule is Cn1cc(CCNC(=O)Nc2ccccc2)c2cccnc21. The van der Waals surface area contributed by atoms with Crippen LogP contribution < -0.4 is 10.6 Å². The van der Waals surface area contributed by atoms with Crippen LogP contribution in [-0.4, -0.2) is 22.1 Å². The third kappa shape index (κ3) is 3.09. The van der Waals surface area contributed by atoms with Gasteiger partial charge in [0.2, 0.25) is 0 Å². The van der Waals surface area contributed by atoms with Crippen molar-refractivity contribution in [3.63, 3.8) is 0 Å². The summed E-state index contributed by atoms with van der Waals surface area (Å²) in [6.07, 6.45) is 4.62. The minimum Gasteiger partial charge on any atom is -0.338 e. The fourth-order valence-corrected chi connectivity index (χ4v) is 2.50. The van der Waals surface area contributed by atoms with Crippen molar-refractivity contribution in [2.75, 3.05) is 11.9 Å². The summed E-state index contributed by atoms with van der Waals surface area (Å²) in [4.78, 5) is 16.2. The number of carbonyl (C=O) groups excluding carboxylic acids is 1. The van der Waals surface area contributed by atoms with Crippen molar-refractivity contribution in [3.8, 4) is 0 Å². The molecule has 3 rings (SSSR count). The normalized spacial score (nSPS) is 10.6. The summed E-state index contributed by atoms with van der Waals surface area (Å²) in [6.45, 7) is 0.576. The number of rotatable bonds is 4. The Morgan fingerprint density at radius 1 is 1.18 bits per heavy atom. The highest BCUT2D eigenvalue weighted by atomic mass is 16.2. The van der Waals surface area contributed by atoms with Gasteiger partial charge >= 0.3 is 6.03 Å². The number of nitrogens with one attached hydrogen (secondary N) is 2. The number of carbonyl (C=O) groups is 1. The van der Waals surface area contributed by atoms with E-state index < -0.39 is 0 Å². The highest BCUT2D eigenvalue weighted by Gasteiger charge is 2.07. The van der Waals surface area contributed by atoms with E-state index in [9.17, 15) is 4.79 Å². The van der Waals surface area contributed by atoms with Gasteiger partial charge in [-0.1, -0.05) is 18.2 Å². The van der Waals surface area contributed by atoms with E-state index in [1.165, 1.54) is 5.56 Å². The van der Waals surface area contributed by atoms with Crippen LogP contribution in [0.5, 0.6) is 0 Å². The predicted molar refractivity (Wildman–Crippen MR) is 87.9 cm³/mol. The molecular weight excluding hydrogens is 276 g/mol. The van der Waals surface area contributed by atoms with E-state index in [1.54, 1.807) is 6.20 Å². The molecular formula is C17H18N4O. The van der Waals surface area contributed by atoms with E-state index in [-0.39, 0.29) is 6.03 Å². The van der Waals surface area contributed by atoms with Crippen molar-refractivity contribution in [3.05, 3.63) is 60.4 Å². The average molecular weight is 294 g/mol. The summed E-state index contributed by atoms with van der Waals surface area (Å²) < 4.78 is 2.01. The molecule has 0 unspecified atom stereocenters. The smallest absolute Gasteiger partial charge is 0.319 e. The Balaban J connectivity index is 1.57. The van der Waals surface area contributed by atoms with Crippen LogP contribution >= 0.6 is 0 Å². The average Bonchev–Trinajstić information content (AvgIpc) is 2.85. The van der Waals surface area contributed by atoms with Crippen molar-refractivity contribution >= 4 is 22.8 Å². The van der Waals surface area contributed by atoms with Gasteiger partial charge in [0.05, 0.1) is 0 Å². The fraction of sp³-hybridized carbons (Fsp3) is 0.176. The van der Waals surface area contributed by atoms with E-state index in [2.05, 4.69) is 27.9 Å². The van der Waals surface area contributed by atoms with Gasteiger partial charge in [-0.25, -0.2) is 9.78 Å². The molecule has 0 atom stereocenters. The van der Waals surface area contributed by atoms with Gasteiger partial charge < -0.3 is 15.2 Å². The Morgan fingerprint density at radius 2 is 2.00 bits per heavy atom. The summed E-state index contributed by atoms with van der Waals surface area (Å²) >= 11 is 0. The van der Waals surface area contributed by atoms with Crippen LogP contribution in [0.4, 0.5) is 10.5 Å². The molecule has 1 aromatic carbocycles. The Bertz CT molecular complexity index is 780. The minimum atomic E-state index is -0.190. The fourth-order valence-electron chi connectivity index (χ4n) is 2.50. The van der Waals surface area contributed by atoms with Crippen LogP contribution in [0, 0.1) is 0 Å². The first-order valence-corrected chi connectivity index (χ1v) is 7.23. The molecule has 0 fully saturated rings. The van der Waals surface area contributed by atoms with E-state index >= 15 is 0 Å². The summed E-state index contributed by atoms with van der Waals surface area (Å²) in [5.74, 6) is 0. The molecule has 2 N–H and O–H groups in total. The van der Waals surface area contributed by atoms with Crippen molar-refractivity contribution in [1.29, 1.82) is 0 Å². The molecule has 0 aliphatic heterocycles. The van der Waals surface area contributed by atoms with Gasteiger partial charge in [0.15, 0.2) is 0 Å². The molecule has 112 valence electrons. The predicted octanol–water partition coefficient (Wildman–Crippen LogP) is 2.94. The topological polar surface area (TPSA) is 59.0 Å². The lowest BCUT2D eigenvalue weighted by Gasteiger charge is -2.07. The Morgan fingerprint density at radius 3 is 2.82 bits per heavy atom. The number of nitrogens with zero attached hydrogens (tertiary/aromatic N) is 2. The number of benzene rings is 1. The van der Waals surface area contributed by atoms with Crippen LogP contribution in [0.25, 0.3) is 11.0 Å². The molecule has 0 saturated carbocycles. The van der Waals surface area contributed by atoms with E-state index in [1.807, 2.05) is 48.0 Å². The number of pyridine rings is 1. The number of aryl methyl sites for hydroxylation is 1. The van der Waals surface area contributed by atoms with Gasteiger partial charge in [0, 0.05) is 37.1 Å². The van der Waals surface area contributed by atoms with Gasteiger partial charge in [-0.15, -0.1) is 0 Å². The Labute approximate surface area is 129 Å². The second-order valence-electron chi connectivity index (χ2n) is 5.14. The molecule has 5 heteroatoms. The quantitative estimate of drug-likeness (QED) is 0.777. The third-order valence-electron chi connectivity index (χ3n) is 3.53. The monoisotopic (exact) mass is 294 g/mol. The van der Waals surface area contributed by atoms with Crippen LogP contribution in [0.1, 0.15) is 5.56 Å². The zero-order chi connectivity index (χ0) is 15.4. The van der Waals surface area contributed by atoms with Gasteiger partial charge in [-0.05, 0) is 36.2 Å². The summed E-state index contributed by atoms with van der Waals surface area (Å²) in [7, 11) is 1.98. The van der Waals surface area contributed by atoms with Crippen LogP contribution in [0.15, 0.2) is 54.9 Å². The van der Waals surface area contributed by atoms with Gasteiger partial charge in [0.25, 0.3) is 0 Å². The molecule has 0 aliphatic rings. The molecule has 5 nitrogen and oxygen atoms in total. The number of para-hydroxylation sites is 1. The number of anilines is 1. The zero-order valence-electron chi connectivity index (χ0n) is 12.4. The highest BCUT2D eigenvalue weighted by molar-refractivity contribution is 5.89. The number of fused-ring (bicyclic) bond motifs is 1. The molecule has 0 radical (unpaired) electrons. The van der Waals surface area contributed by atoms with E-state index in [0.717, 1.165) is 23.1 Å². The lowest BCUT2D eigenvalue weighted by molar-refractivity contribution is 0.252. The number of urea groups is 1. The first-order valence-electron chi connectivity index (χ1n) is 7.23. The maximum atomic E-state index is 11.8. The maximum absolute atomic E-state index is 11.8. The van der Waals surface area contributed by atoms with E-state index in [0.29, 0.717) is 6.54 Å². The molecule has 3 aromatic rings. The molecule has 22 heavy (non-hydrogen) atoms. The van der Waals surface area contributed by atoms with Crippen LogP contribution in [0.3, 0.4) is 0 Å². The number of hydrogen-bond donors (Lipinski definition) is 2. The largest absolute Gasteiger partial charge is 0.338 e. The lowest BCUT2D eigenvalue weighted by Crippen LogP contribution is -2.30. The molecule has 0 saturated heterocycles. The summed E-state index contributed by atoms with van der Waals surface area (Å²) in [5.41, 5.74) is 2.94. The number of aromatic nitrogens is 2. The lowest BCUT2D eigenvalue weighted by atomic mass is 10.1. The first kappa shape index (κ1) is 14.1. The van der Waals surface area contributed by atoms with Crippen LogP contribution in [-0.2, 0) is 13.5 Å². The third-order valence-corrected chi connectivity index (χ3v) is 3.53. The second-order valence-corrected chi connectivity index (χ2v) is 5.14. The van der Waals surface area contributed by atoms with Crippen LogP contribution in [0.2, 0.25) is 0 Å². The molecule has 0 aliphatic carbocycles. The van der Waals surface area contributed by atoms with Gasteiger partial charge in [0.1, 0.15) is 5.65 Å². The van der Waals surface area contributed by atoms with Crippen molar-refractivity contribution < 1.29 is 4.79 Å². The number of hydrogen-bond acceptors (Lipinski definition) is 2. The molecule has 2 heterocycles. The molecule has 2 amide bonds. The van der Waals surface area contributed by atoms with Crippen molar-refractivity contribution in [2.24, 2.45) is 7.05 Å². The minimum absolute atomic E-state index is 0.190. The highest BCUT2D eigenvalue weighted by Crippen LogP contribution is 2.18. The first-order chi connectivity index (χ1) is 10.7. The Hall–Kier alpha value is -2.82. The molecule has 0 spiro atoms. The molecule has 2 aromatic heterocycles. The Kier molecular flexibility index (Phi) is 4.05. The maximum Gasteiger partial charge on any atom is 0.319 e. The van der Waals surface area contributed by atoms with Crippen molar-refractivity contribution in [1.82, 2.24) is 14.9 Å². The standard InChI is InChI=1S/C17H18N4O/c1-21-12-13(15-8-5-10-18-16(15)21)9-11-19-17(22)20-14-6-3-2-4-7-14/h2-8,10,12H,9,11H2,1H3,(H2,19,20,22). The zero-order valence-corrected chi connectivity index (χ0v) is 12.4. The summed E-state index contributed by atoms with van der Waals surface area (Å²) in [6, 6.07) is 13.2. The second kappa shape index (κ2) is 6.30. The van der Waals surface area contributed by atoms with Gasteiger partial charge in [-0.3, -0.25) is 0 Å². The number of amides is 2. The molecule has 0 bridgehead atoms.